The average molecular weight is 245 g/mol. The summed E-state index contributed by atoms with van der Waals surface area (Å²) < 4.78 is 23.0. The fourth-order valence-corrected chi connectivity index (χ4v) is 2.69. The van der Waals surface area contributed by atoms with E-state index in [1.807, 2.05) is 0 Å². The second-order valence-corrected chi connectivity index (χ2v) is 7.35. The third-order valence-corrected chi connectivity index (χ3v) is 5.25. The van der Waals surface area contributed by atoms with Gasteiger partial charge in [-0.1, -0.05) is 11.6 Å². The van der Waals surface area contributed by atoms with E-state index in [0.717, 1.165) is 13.0 Å². The van der Waals surface area contributed by atoms with E-state index in [1.54, 1.807) is 13.8 Å². The van der Waals surface area contributed by atoms with Crippen molar-refractivity contribution in [1.82, 2.24) is 5.32 Å². The minimum Gasteiger partial charge on any atom is -0.315 e. The number of nitrogens with one attached hydrogen (secondary N) is 1. The van der Waals surface area contributed by atoms with Gasteiger partial charge in [0.15, 0.2) is 9.84 Å². The second-order valence-electron chi connectivity index (χ2n) is 4.67. The molecule has 3 nitrogen and oxygen atoms in total. The molecule has 0 saturated heterocycles. The van der Waals surface area contributed by atoms with E-state index in [4.69, 9.17) is 0 Å². The molecule has 0 unspecified atom stereocenters. The normalized spacial score (nSPS) is 16.8. The molecule has 1 aliphatic carbocycles. The molecule has 0 fully saturated rings. The molecule has 0 radical (unpaired) electrons. The zero-order valence-corrected chi connectivity index (χ0v) is 11.1. The van der Waals surface area contributed by atoms with Crippen LogP contribution in [0.3, 0.4) is 0 Å². The van der Waals surface area contributed by atoms with E-state index in [2.05, 4.69) is 11.4 Å². The van der Waals surface area contributed by atoms with Crippen molar-refractivity contribution in [3.05, 3.63) is 11.6 Å². The Morgan fingerprint density at radius 3 is 2.69 bits per heavy atom. The minimum atomic E-state index is -2.87. The lowest BCUT2D eigenvalue weighted by molar-refractivity contribution is 0.582. The maximum atomic E-state index is 11.5. The first kappa shape index (κ1) is 13.7. The molecule has 1 rings (SSSR count). The summed E-state index contributed by atoms with van der Waals surface area (Å²) in [6, 6.07) is 0. The highest BCUT2D eigenvalue weighted by molar-refractivity contribution is 7.92. The number of sulfone groups is 1. The zero-order chi connectivity index (χ0) is 12.0. The molecule has 0 spiro atoms. The first-order chi connectivity index (χ1) is 7.52. The van der Waals surface area contributed by atoms with Gasteiger partial charge in [-0.2, -0.15) is 0 Å². The van der Waals surface area contributed by atoms with Crippen LogP contribution in [-0.4, -0.2) is 32.5 Å². The fraction of sp³-hybridized carbons (Fsp3) is 0.833. The SMILES string of the molecule is CC(C)S(=O)(=O)CCNCCC1=CCCC1. The summed E-state index contributed by atoms with van der Waals surface area (Å²) >= 11 is 0. The highest BCUT2D eigenvalue weighted by atomic mass is 32.2. The van der Waals surface area contributed by atoms with Crippen LogP contribution in [0, 0.1) is 0 Å². The van der Waals surface area contributed by atoms with Gasteiger partial charge in [-0.05, 0) is 46.1 Å². The Bertz CT molecular complexity index is 331. The lowest BCUT2D eigenvalue weighted by Crippen LogP contribution is -2.27. The molecule has 1 aliphatic rings. The second kappa shape index (κ2) is 6.40. The van der Waals surface area contributed by atoms with Crippen LogP contribution in [0.5, 0.6) is 0 Å². The number of hydrogen-bond acceptors (Lipinski definition) is 3. The van der Waals surface area contributed by atoms with Gasteiger partial charge in [0.25, 0.3) is 0 Å². The molecule has 4 heteroatoms. The Hall–Kier alpha value is -0.350. The van der Waals surface area contributed by atoms with Gasteiger partial charge >= 0.3 is 0 Å². The van der Waals surface area contributed by atoms with Crippen molar-refractivity contribution in [3.8, 4) is 0 Å². The van der Waals surface area contributed by atoms with E-state index < -0.39 is 9.84 Å². The van der Waals surface area contributed by atoms with Gasteiger partial charge in [-0.3, -0.25) is 0 Å². The van der Waals surface area contributed by atoms with Crippen molar-refractivity contribution < 1.29 is 8.42 Å². The predicted octanol–water partition coefficient (Wildman–Crippen LogP) is 1.90. The van der Waals surface area contributed by atoms with Gasteiger partial charge in [0.1, 0.15) is 0 Å². The summed E-state index contributed by atoms with van der Waals surface area (Å²) in [7, 11) is -2.87. The van der Waals surface area contributed by atoms with Crippen molar-refractivity contribution in [1.29, 1.82) is 0 Å². The summed E-state index contributed by atoms with van der Waals surface area (Å²) in [5.41, 5.74) is 1.53. The maximum absolute atomic E-state index is 11.5. The largest absolute Gasteiger partial charge is 0.315 e. The fourth-order valence-electron chi connectivity index (χ4n) is 1.79. The van der Waals surface area contributed by atoms with Crippen molar-refractivity contribution in [2.75, 3.05) is 18.8 Å². The first-order valence-electron chi connectivity index (χ1n) is 6.12. The van der Waals surface area contributed by atoms with Gasteiger partial charge in [-0.25, -0.2) is 8.42 Å². The molecule has 0 aromatic heterocycles. The molecular weight excluding hydrogens is 222 g/mol. The van der Waals surface area contributed by atoms with Crippen LogP contribution in [0.2, 0.25) is 0 Å². The summed E-state index contributed by atoms with van der Waals surface area (Å²) in [6.07, 6.45) is 7.12. The zero-order valence-electron chi connectivity index (χ0n) is 10.3. The van der Waals surface area contributed by atoms with Gasteiger partial charge in [0.05, 0.1) is 11.0 Å². The third kappa shape index (κ3) is 4.66. The lowest BCUT2D eigenvalue weighted by atomic mass is 10.2. The first-order valence-corrected chi connectivity index (χ1v) is 7.84. The predicted molar refractivity (Wildman–Crippen MR) is 68.3 cm³/mol. The van der Waals surface area contributed by atoms with Crippen molar-refractivity contribution in [3.63, 3.8) is 0 Å². The van der Waals surface area contributed by atoms with Crippen LogP contribution in [0.15, 0.2) is 11.6 Å². The van der Waals surface area contributed by atoms with E-state index in [9.17, 15) is 8.42 Å². The molecule has 0 amide bonds. The Morgan fingerprint density at radius 1 is 1.38 bits per heavy atom. The van der Waals surface area contributed by atoms with Crippen molar-refractivity contribution in [2.24, 2.45) is 0 Å². The minimum absolute atomic E-state index is 0.254. The Labute approximate surface area is 99.2 Å². The molecule has 94 valence electrons. The highest BCUT2D eigenvalue weighted by Gasteiger charge is 2.14. The van der Waals surface area contributed by atoms with Gasteiger partial charge < -0.3 is 5.32 Å². The summed E-state index contributed by atoms with van der Waals surface area (Å²) in [5.74, 6) is 0.254. The van der Waals surface area contributed by atoms with E-state index >= 15 is 0 Å². The molecule has 0 atom stereocenters. The molecule has 0 heterocycles. The van der Waals surface area contributed by atoms with Gasteiger partial charge in [0.2, 0.25) is 0 Å². The average Bonchev–Trinajstić information content (AvgIpc) is 2.69. The van der Waals surface area contributed by atoms with Crippen molar-refractivity contribution in [2.45, 2.75) is 44.8 Å². The monoisotopic (exact) mass is 245 g/mol. The molecule has 0 aromatic carbocycles. The van der Waals surface area contributed by atoms with Crippen LogP contribution in [-0.2, 0) is 9.84 Å². The molecule has 0 aromatic rings. The molecule has 0 aliphatic heterocycles. The van der Waals surface area contributed by atoms with Crippen LogP contribution >= 0.6 is 0 Å². The van der Waals surface area contributed by atoms with E-state index in [-0.39, 0.29) is 11.0 Å². The Kier molecular flexibility index (Phi) is 5.49. The van der Waals surface area contributed by atoms with Crippen LogP contribution in [0.25, 0.3) is 0 Å². The molecule has 0 saturated carbocycles. The topological polar surface area (TPSA) is 46.2 Å². The summed E-state index contributed by atoms with van der Waals surface area (Å²) in [5, 5.41) is 2.95. The maximum Gasteiger partial charge on any atom is 0.153 e. The summed E-state index contributed by atoms with van der Waals surface area (Å²) in [6.45, 7) is 4.95. The van der Waals surface area contributed by atoms with Crippen LogP contribution in [0.4, 0.5) is 0 Å². The Balaban J connectivity index is 2.08. The van der Waals surface area contributed by atoms with Gasteiger partial charge in [0, 0.05) is 6.54 Å². The lowest BCUT2D eigenvalue weighted by Gasteiger charge is -2.08. The number of rotatable bonds is 7. The van der Waals surface area contributed by atoms with Gasteiger partial charge in [-0.15, -0.1) is 0 Å². The number of hydrogen-bond donors (Lipinski definition) is 1. The number of allylic oxidation sites excluding steroid dienone is 1. The summed E-state index contributed by atoms with van der Waals surface area (Å²) in [4.78, 5) is 0. The Morgan fingerprint density at radius 2 is 2.12 bits per heavy atom. The smallest absolute Gasteiger partial charge is 0.153 e. The van der Waals surface area contributed by atoms with E-state index in [0.29, 0.717) is 6.54 Å². The molecule has 16 heavy (non-hydrogen) atoms. The van der Waals surface area contributed by atoms with Crippen LogP contribution in [0.1, 0.15) is 39.5 Å². The van der Waals surface area contributed by atoms with E-state index in [1.165, 1.54) is 24.8 Å². The van der Waals surface area contributed by atoms with Crippen molar-refractivity contribution >= 4 is 9.84 Å². The third-order valence-electron chi connectivity index (χ3n) is 3.04. The quantitative estimate of drug-likeness (QED) is 0.550. The van der Waals surface area contributed by atoms with Crippen LogP contribution < -0.4 is 5.32 Å². The highest BCUT2D eigenvalue weighted by Crippen LogP contribution is 2.19. The molecular formula is C12H23NO2S. The standard InChI is InChI=1S/C12H23NO2S/c1-11(2)16(14,15)10-9-13-8-7-12-5-3-4-6-12/h5,11,13H,3-4,6-10H2,1-2H3. The molecule has 0 bridgehead atoms. The molecule has 1 N–H and O–H groups in total.